The molecule has 1 N–H and O–H groups in total. The molecule has 25 heavy (non-hydrogen) atoms. The second kappa shape index (κ2) is 6.69. The normalized spacial score (nSPS) is 14.9. The molecule has 1 fully saturated rings. The van der Waals surface area contributed by atoms with Gasteiger partial charge in [-0.3, -0.25) is 4.90 Å². The maximum absolute atomic E-state index is 4.52. The van der Waals surface area contributed by atoms with E-state index in [9.17, 15) is 0 Å². The first-order valence-electron chi connectivity index (χ1n) is 8.73. The number of hydrogen-bond acceptors (Lipinski definition) is 4. The van der Waals surface area contributed by atoms with E-state index in [-0.39, 0.29) is 0 Å². The Bertz CT molecular complexity index is 905. The molecule has 1 aliphatic rings. The number of anilines is 1. The van der Waals surface area contributed by atoms with E-state index in [4.69, 9.17) is 0 Å². The highest BCUT2D eigenvalue weighted by Crippen LogP contribution is 2.25. The van der Waals surface area contributed by atoms with Gasteiger partial charge in [0.05, 0.1) is 18.2 Å². The number of nitrogens with one attached hydrogen (secondary N) is 1. The first-order chi connectivity index (χ1) is 12.2. The van der Waals surface area contributed by atoms with Gasteiger partial charge in [-0.15, -0.1) is 0 Å². The molecule has 4 rings (SSSR count). The molecule has 128 valence electrons. The van der Waals surface area contributed by atoms with Crippen molar-refractivity contribution in [1.29, 1.82) is 0 Å². The van der Waals surface area contributed by atoms with Crippen LogP contribution in [0.2, 0.25) is 0 Å². The fourth-order valence-corrected chi connectivity index (χ4v) is 3.44. The third kappa shape index (κ3) is 3.42. The van der Waals surface area contributed by atoms with Crippen LogP contribution in [0.25, 0.3) is 22.0 Å². The lowest BCUT2D eigenvalue weighted by Crippen LogP contribution is -2.24. The summed E-state index contributed by atoms with van der Waals surface area (Å²) >= 11 is 0. The Hall–Kier alpha value is -2.66. The number of fused-ring (bicyclic) bond motifs is 1. The Labute approximate surface area is 148 Å². The van der Waals surface area contributed by atoms with Crippen molar-refractivity contribution < 1.29 is 0 Å². The molecule has 1 saturated heterocycles. The van der Waals surface area contributed by atoms with E-state index < -0.39 is 0 Å². The fraction of sp³-hybridized carbons (Fsp3) is 0.300. The highest BCUT2D eigenvalue weighted by molar-refractivity contribution is 5.88. The summed E-state index contributed by atoms with van der Waals surface area (Å²) in [5.41, 5.74) is 3.25. The number of benzene rings is 1. The van der Waals surface area contributed by atoms with Gasteiger partial charge in [0.25, 0.3) is 0 Å². The van der Waals surface area contributed by atoms with Crippen LogP contribution in [-0.2, 0) is 7.05 Å². The van der Waals surface area contributed by atoms with Crippen molar-refractivity contribution in [3.8, 4) is 11.3 Å². The number of pyridine rings is 1. The summed E-state index contributed by atoms with van der Waals surface area (Å²) < 4.78 is 2.03. The number of aryl methyl sites for hydroxylation is 1. The van der Waals surface area contributed by atoms with Crippen LogP contribution in [0, 0.1) is 0 Å². The van der Waals surface area contributed by atoms with Crippen LogP contribution in [0.1, 0.15) is 12.8 Å². The zero-order chi connectivity index (χ0) is 17.2. The smallest absolute Gasteiger partial charge is 0.130 e. The van der Waals surface area contributed by atoms with Crippen molar-refractivity contribution in [2.45, 2.75) is 12.8 Å². The first-order valence-corrected chi connectivity index (χ1v) is 8.73. The molecule has 3 aromatic rings. The highest BCUT2D eigenvalue weighted by Gasteiger charge is 2.12. The first kappa shape index (κ1) is 15.8. The number of nitrogens with zero attached hydrogens (tertiary/aromatic N) is 4. The molecule has 1 aromatic carbocycles. The predicted molar refractivity (Wildman–Crippen MR) is 102 cm³/mol. The second-order valence-electron chi connectivity index (χ2n) is 6.73. The summed E-state index contributed by atoms with van der Waals surface area (Å²) in [6, 6.07) is 8.49. The molecule has 0 radical (unpaired) electrons. The minimum Gasteiger partial charge on any atom is -0.343 e. The summed E-state index contributed by atoms with van der Waals surface area (Å²) in [7, 11) is 2.01. The zero-order valence-corrected chi connectivity index (χ0v) is 14.6. The van der Waals surface area contributed by atoms with E-state index in [0.717, 1.165) is 40.1 Å². The van der Waals surface area contributed by atoms with Gasteiger partial charge in [0.15, 0.2) is 0 Å². The molecule has 0 unspecified atom stereocenters. The zero-order valence-electron chi connectivity index (χ0n) is 14.6. The average Bonchev–Trinajstić information content (AvgIpc) is 3.25. The largest absolute Gasteiger partial charge is 0.343 e. The molecular weight excluding hydrogens is 310 g/mol. The van der Waals surface area contributed by atoms with E-state index in [1.165, 1.54) is 25.9 Å². The van der Waals surface area contributed by atoms with Crippen molar-refractivity contribution in [3.63, 3.8) is 0 Å². The van der Waals surface area contributed by atoms with Gasteiger partial charge in [-0.05, 0) is 43.5 Å². The molecule has 0 bridgehead atoms. The van der Waals surface area contributed by atoms with Gasteiger partial charge >= 0.3 is 0 Å². The minimum absolute atomic E-state index is 0.846. The predicted octanol–water partition coefficient (Wildman–Crippen LogP) is 3.66. The Kier molecular flexibility index (Phi) is 4.24. The number of hydrogen-bond donors (Lipinski definition) is 1. The topological polar surface area (TPSA) is 46.0 Å². The molecule has 0 atom stereocenters. The third-order valence-corrected chi connectivity index (χ3v) is 4.75. The van der Waals surface area contributed by atoms with Gasteiger partial charge in [-0.2, -0.15) is 0 Å². The molecule has 5 nitrogen and oxygen atoms in total. The lowest BCUT2D eigenvalue weighted by atomic mass is 10.1. The van der Waals surface area contributed by atoms with E-state index in [2.05, 4.69) is 51.0 Å². The van der Waals surface area contributed by atoms with E-state index >= 15 is 0 Å². The molecule has 0 spiro atoms. The SMILES string of the molecule is C=C(CN1CCCC1)Nc1cc2cc(-c3cncn3C)ccc2cn1. The van der Waals surface area contributed by atoms with E-state index in [1.807, 2.05) is 30.3 Å². The minimum atomic E-state index is 0.846. The second-order valence-corrected chi connectivity index (χ2v) is 6.73. The Morgan fingerprint density at radius 3 is 2.76 bits per heavy atom. The van der Waals surface area contributed by atoms with Crippen molar-refractivity contribution >= 4 is 16.6 Å². The van der Waals surface area contributed by atoms with Crippen molar-refractivity contribution in [1.82, 2.24) is 19.4 Å². The van der Waals surface area contributed by atoms with Crippen LogP contribution in [0.15, 0.2) is 55.3 Å². The summed E-state index contributed by atoms with van der Waals surface area (Å²) in [4.78, 5) is 11.2. The lowest BCUT2D eigenvalue weighted by molar-refractivity contribution is 0.370. The number of likely N-dealkylation sites (tertiary alicyclic amines) is 1. The monoisotopic (exact) mass is 333 g/mol. The van der Waals surface area contributed by atoms with Crippen molar-refractivity contribution in [3.05, 3.63) is 55.3 Å². The van der Waals surface area contributed by atoms with Crippen LogP contribution >= 0.6 is 0 Å². The maximum Gasteiger partial charge on any atom is 0.130 e. The molecule has 0 amide bonds. The van der Waals surface area contributed by atoms with Gasteiger partial charge in [-0.1, -0.05) is 18.7 Å². The van der Waals surface area contributed by atoms with Crippen molar-refractivity contribution in [2.75, 3.05) is 25.0 Å². The van der Waals surface area contributed by atoms with Crippen molar-refractivity contribution in [2.24, 2.45) is 7.05 Å². The third-order valence-electron chi connectivity index (χ3n) is 4.75. The lowest BCUT2D eigenvalue weighted by Gasteiger charge is -2.17. The number of imidazole rings is 1. The highest BCUT2D eigenvalue weighted by atomic mass is 15.2. The summed E-state index contributed by atoms with van der Waals surface area (Å²) in [6.07, 6.45) is 8.20. The molecule has 0 aliphatic carbocycles. The summed E-state index contributed by atoms with van der Waals surface area (Å²) in [5, 5.41) is 5.65. The van der Waals surface area contributed by atoms with E-state index in [0.29, 0.717) is 0 Å². The van der Waals surface area contributed by atoms with E-state index in [1.54, 1.807) is 0 Å². The van der Waals surface area contributed by atoms with Gasteiger partial charge in [0, 0.05) is 36.4 Å². The number of rotatable bonds is 5. The standard InChI is InChI=1S/C20H23N5/c1-15(13-25-7-3-4-8-25)23-20-10-18-9-16(5-6-17(18)11-22-20)19-12-21-14-24(19)2/h5-6,9-12,14H,1,3-4,7-8,13H2,2H3,(H,22,23). The fourth-order valence-electron chi connectivity index (χ4n) is 3.44. The number of aromatic nitrogens is 3. The Morgan fingerprint density at radius 2 is 2.00 bits per heavy atom. The molecule has 0 saturated carbocycles. The summed E-state index contributed by atoms with van der Waals surface area (Å²) in [5.74, 6) is 0.846. The van der Waals surface area contributed by atoms with Gasteiger partial charge in [-0.25, -0.2) is 9.97 Å². The summed E-state index contributed by atoms with van der Waals surface area (Å²) in [6.45, 7) is 7.38. The average molecular weight is 333 g/mol. The van der Waals surface area contributed by atoms with Gasteiger partial charge < -0.3 is 9.88 Å². The van der Waals surface area contributed by atoms with Crippen LogP contribution < -0.4 is 5.32 Å². The Morgan fingerprint density at radius 1 is 1.16 bits per heavy atom. The van der Waals surface area contributed by atoms with Crippen LogP contribution in [0.4, 0.5) is 5.82 Å². The van der Waals surface area contributed by atoms with Gasteiger partial charge in [0.1, 0.15) is 5.82 Å². The molecule has 5 heteroatoms. The Balaban J connectivity index is 1.56. The van der Waals surface area contributed by atoms with Crippen LogP contribution in [-0.4, -0.2) is 39.1 Å². The van der Waals surface area contributed by atoms with Gasteiger partial charge in [0.2, 0.25) is 0 Å². The van der Waals surface area contributed by atoms with Crippen LogP contribution in [0.3, 0.4) is 0 Å². The quantitative estimate of drug-likeness (QED) is 0.774. The molecule has 3 heterocycles. The molecular formula is C20H23N5. The molecule has 1 aliphatic heterocycles. The maximum atomic E-state index is 4.52. The molecule has 2 aromatic heterocycles. The van der Waals surface area contributed by atoms with Crippen LogP contribution in [0.5, 0.6) is 0 Å².